The quantitative estimate of drug-likeness (QED) is 0.475. The van der Waals surface area contributed by atoms with E-state index in [1.165, 1.54) is 0 Å². The van der Waals surface area contributed by atoms with E-state index in [-0.39, 0.29) is 6.15 Å². The third kappa shape index (κ3) is 7.68. The Morgan fingerprint density at radius 2 is 2.27 bits per heavy atom. The molecule has 0 aromatic heterocycles. The van der Waals surface area contributed by atoms with Gasteiger partial charge in [0.05, 0.1) is 5.97 Å². The number of carboxylic acid groups (broad SMARTS) is 1. The Bertz CT molecular complexity index is 120. The molecule has 11 heavy (non-hydrogen) atoms. The molecule has 0 fully saturated rings. The lowest BCUT2D eigenvalue weighted by Crippen LogP contribution is -2.42. The van der Waals surface area contributed by atoms with E-state index in [9.17, 15) is 9.90 Å². The van der Waals surface area contributed by atoms with E-state index < -0.39 is 20.2 Å². The first-order chi connectivity index (χ1) is 4.54. The zero-order valence-electron chi connectivity index (χ0n) is 6.78. The summed E-state index contributed by atoms with van der Waals surface area (Å²) in [4.78, 5) is 18.8. The van der Waals surface area contributed by atoms with E-state index in [1.54, 1.807) is 6.66 Å². The maximum Gasteiger partial charge on any atom is 0.0582 e. The van der Waals surface area contributed by atoms with Crippen LogP contribution >= 0.6 is 8.15 Å². The molecule has 7 N–H and O–H groups in total. The van der Waals surface area contributed by atoms with Crippen molar-refractivity contribution in [3.63, 3.8) is 0 Å². The third-order valence-corrected chi connectivity index (χ3v) is 1.97. The van der Waals surface area contributed by atoms with Crippen molar-refractivity contribution >= 4 is 14.1 Å². The Kier molecular flexibility index (Phi) is 7.89. The molecule has 2 unspecified atom stereocenters. The summed E-state index contributed by atoms with van der Waals surface area (Å²) in [5.41, 5.74) is 5.10. The van der Waals surface area contributed by atoms with Crippen LogP contribution in [0.2, 0.25) is 0 Å². The third-order valence-electron chi connectivity index (χ3n) is 1.07. The fourth-order valence-electron chi connectivity index (χ4n) is 0.444. The number of carboxylic acids is 1. The van der Waals surface area contributed by atoms with Crippen LogP contribution in [0.4, 0.5) is 0 Å². The van der Waals surface area contributed by atoms with Gasteiger partial charge in [-0.15, -0.1) is 0 Å². The molecule has 0 heterocycles. The highest BCUT2D eigenvalue weighted by molar-refractivity contribution is 7.50. The lowest BCUT2D eigenvalue weighted by Gasteiger charge is -2.12. The lowest BCUT2D eigenvalue weighted by atomic mass is 10.2. The molecular weight excluding hydrogens is 167 g/mol. The number of rotatable bonds is 4. The average molecular weight is 182 g/mol. The normalized spacial score (nSPS) is 14.8. The second kappa shape index (κ2) is 6.49. The van der Waals surface area contributed by atoms with E-state index >= 15 is 0 Å². The van der Waals surface area contributed by atoms with Gasteiger partial charge in [-0.2, -0.15) is 0 Å². The number of nitrogens with two attached hydrogens (primary N) is 1. The zero-order chi connectivity index (χ0) is 8.15. The van der Waals surface area contributed by atoms with Crippen molar-refractivity contribution in [2.75, 3.05) is 12.8 Å². The topological polar surface area (TPSA) is 123 Å². The van der Waals surface area contributed by atoms with Crippen LogP contribution in [0.15, 0.2) is 0 Å². The van der Waals surface area contributed by atoms with E-state index in [0.717, 1.165) is 0 Å². The molecule has 0 saturated heterocycles. The van der Waals surface area contributed by atoms with Crippen molar-refractivity contribution in [1.82, 2.24) is 6.15 Å². The Morgan fingerprint density at radius 1 is 1.82 bits per heavy atom. The van der Waals surface area contributed by atoms with Crippen LogP contribution in [0.1, 0.15) is 6.42 Å². The van der Waals surface area contributed by atoms with Gasteiger partial charge < -0.3 is 26.7 Å². The molecule has 0 rings (SSSR count). The predicted molar refractivity (Wildman–Crippen MR) is 43.5 cm³/mol. The highest BCUT2D eigenvalue weighted by Crippen LogP contribution is 2.24. The van der Waals surface area contributed by atoms with Gasteiger partial charge in [0.2, 0.25) is 0 Å². The first-order valence-electron chi connectivity index (χ1n) is 2.90. The first-order valence-corrected chi connectivity index (χ1v) is 4.83. The minimum absolute atomic E-state index is 0. The SMILES string of the molecule is CP(O)CCC(N)C(=O)[O-].[NH4+]. The van der Waals surface area contributed by atoms with Gasteiger partial charge in [0.25, 0.3) is 0 Å². The van der Waals surface area contributed by atoms with Crippen molar-refractivity contribution in [2.45, 2.75) is 12.5 Å². The van der Waals surface area contributed by atoms with Gasteiger partial charge in [0.15, 0.2) is 0 Å². The van der Waals surface area contributed by atoms with Crippen LogP contribution in [-0.2, 0) is 4.79 Å². The molecule has 0 bridgehead atoms. The Hall–Kier alpha value is -0.220. The molecular formula is C5H15N2O3P. The fourth-order valence-corrected chi connectivity index (χ4v) is 1.10. The first kappa shape index (κ1) is 13.4. The molecule has 0 aliphatic rings. The largest absolute Gasteiger partial charge is 0.548 e. The Balaban J connectivity index is 0. The summed E-state index contributed by atoms with van der Waals surface area (Å²) in [5.74, 6) is -1.25. The summed E-state index contributed by atoms with van der Waals surface area (Å²) in [5, 5.41) is 10.0. The lowest BCUT2D eigenvalue weighted by molar-refractivity contribution is -0.307. The summed E-state index contributed by atoms with van der Waals surface area (Å²) in [6.07, 6.45) is 0.755. The van der Waals surface area contributed by atoms with E-state index in [1.807, 2.05) is 0 Å². The Labute approximate surface area is 67.0 Å². The molecule has 0 aliphatic heterocycles. The van der Waals surface area contributed by atoms with Crippen LogP contribution in [-0.4, -0.2) is 29.7 Å². The molecule has 6 heteroatoms. The second-order valence-electron chi connectivity index (χ2n) is 2.10. The minimum Gasteiger partial charge on any atom is -0.548 e. The number of hydrogen-bond acceptors (Lipinski definition) is 4. The van der Waals surface area contributed by atoms with Crippen molar-refractivity contribution in [2.24, 2.45) is 5.73 Å². The molecule has 68 valence electrons. The van der Waals surface area contributed by atoms with Gasteiger partial charge in [0.1, 0.15) is 0 Å². The predicted octanol–water partition coefficient (Wildman–Crippen LogP) is -1.15. The maximum atomic E-state index is 10.0. The summed E-state index contributed by atoms with van der Waals surface area (Å²) >= 11 is 0. The van der Waals surface area contributed by atoms with Crippen molar-refractivity contribution in [3.05, 3.63) is 0 Å². The molecule has 5 nitrogen and oxygen atoms in total. The standard InChI is InChI=1S/C5H12NO3P.H3N/c1-10(9)3-2-4(6)5(7)8;/h4,9H,2-3,6H2,1H3,(H,7,8);1H3. The van der Waals surface area contributed by atoms with E-state index in [4.69, 9.17) is 10.6 Å². The molecule has 0 spiro atoms. The highest BCUT2D eigenvalue weighted by atomic mass is 31.1. The van der Waals surface area contributed by atoms with Crippen LogP contribution < -0.4 is 17.0 Å². The smallest absolute Gasteiger partial charge is 0.0582 e. The van der Waals surface area contributed by atoms with Gasteiger partial charge in [-0.1, -0.05) is 0 Å². The molecule has 0 aliphatic carbocycles. The van der Waals surface area contributed by atoms with Crippen LogP contribution in [0.3, 0.4) is 0 Å². The van der Waals surface area contributed by atoms with Crippen molar-refractivity contribution in [1.29, 1.82) is 0 Å². The van der Waals surface area contributed by atoms with Crippen LogP contribution in [0.25, 0.3) is 0 Å². The molecule has 0 amide bonds. The molecule has 0 aromatic rings. The molecule has 0 radical (unpaired) electrons. The van der Waals surface area contributed by atoms with Crippen molar-refractivity contribution in [3.8, 4) is 0 Å². The summed E-state index contributed by atoms with van der Waals surface area (Å²) in [7, 11) is -1.03. The maximum absolute atomic E-state index is 10.0. The van der Waals surface area contributed by atoms with Gasteiger partial charge >= 0.3 is 0 Å². The van der Waals surface area contributed by atoms with Crippen LogP contribution in [0, 0.1) is 0 Å². The highest BCUT2D eigenvalue weighted by Gasteiger charge is 2.04. The monoisotopic (exact) mass is 182 g/mol. The molecule has 0 saturated carbocycles. The summed E-state index contributed by atoms with van der Waals surface area (Å²) in [6, 6.07) is -0.933. The van der Waals surface area contributed by atoms with Crippen LogP contribution in [0.5, 0.6) is 0 Å². The number of hydrogen-bond donors (Lipinski definition) is 3. The number of carbonyl (C=O) groups is 1. The van der Waals surface area contributed by atoms with E-state index in [2.05, 4.69) is 0 Å². The fraction of sp³-hybridized carbons (Fsp3) is 0.800. The average Bonchev–Trinajstić information content (AvgIpc) is 1.82. The number of quaternary nitrogens is 1. The Morgan fingerprint density at radius 3 is 2.55 bits per heavy atom. The number of carbonyl (C=O) groups excluding carboxylic acids is 1. The number of aliphatic carboxylic acids is 1. The van der Waals surface area contributed by atoms with Gasteiger partial charge in [-0.3, -0.25) is 0 Å². The summed E-state index contributed by atoms with van der Waals surface area (Å²) < 4.78 is 0. The zero-order valence-corrected chi connectivity index (χ0v) is 7.67. The summed E-state index contributed by atoms with van der Waals surface area (Å²) in [6.45, 7) is 1.65. The van der Waals surface area contributed by atoms with Gasteiger partial charge in [-0.25, -0.2) is 0 Å². The minimum atomic E-state index is -1.25. The second-order valence-corrected chi connectivity index (χ2v) is 3.86. The van der Waals surface area contributed by atoms with Crippen molar-refractivity contribution < 1.29 is 14.8 Å². The van der Waals surface area contributed by atoms with E-state index in [0.29, 0.717) is 12.6 Å². The van der Waals surface area contributed by atoms with Gasteiger partial charge in [-0.05, 0) is 19.2 Å². The molecule has 0 aromatic carbocycles. The van der Waals surface area contributed by atoms with Gasteiger partial charge in [0, 0.05) is 14.2 Å². The molecule has 2 atom stereocenters.